The predicted molar refractivity (Wildman–Crippen MR) is 140 cm³/mol. The number of ether oxygens (including phenoxy) is 1. The fourth-order valence-corrected chi connectivity index (χ4v) is 4.74. The van der Waals surface area contributed by atoms with Crippen molar-refractivity contribution >= 4 is 38.7 Å². The Morgan fingerprint density at radius 3 is 2.56 bits per heavy atom. The summed E-state index contributed by atoms with van der Waals surface area (Å²) in [5, 5.41) is 13.0. The van der Waals surface area contributed by atoms with E-state index in [2.05, 4.69) is 21.2 Å². The van der Waals surface area contributed by atoms with Gasteiger partial charge in [0.05, 0.1) is 30.3 Å². The van der Waals surface area contributed by atoms with Crippen LogP contribution < -0.4 is 10.1 Å². The number of aliphatic carboxylic acids is 1. The molecule has 3 aromatic carbocycles. The second-order valence-electron chi connectivity index (χ2n) is 8.35. The van der Waals surface area contributed by atoms with Crippen LogP contribution in [0.2, 0.25) is 0 Å². The van der Waals surface area contributed by atoms with E-state index < -0.39 is 23.6 Å². The molecule has 0 spiro atoms. The van der Waals surface area contributed by atoms with Crippen LogP contribution in [0.15, 0.2) is 71.2 Å². The largest absolute Gasteiger partial charge is 0.496 e. The summed E-state index contributed by atoms with van der Waals surface area (Å²) in [4.78, 5) is 30.0. The Bertz CT molecular complexity index is 1440. The van der Waals surface area contributed by atoms with Crippen molar-refractivity contribution in [3.63, 3.8) is 0 Å². The van der Waals surface area contributed by atoms with Crippen molar-refractivity contribution in [1.29, 1.82) is 0 Å². The summed E-state index contributed by atoms with van der Waals surface area (Å²) in [6.45, 7) is 1.74. The van der Waals surface area contributed by atoms with Gasteiger partial charge in [-0.05, 0) is 42.8 Å². The molecule has 4 rings (SSSR count). The fourth-order valence-electron chi connectivity index (χ4n) is 4.38. The van der Waals surface area contributed by atoms with Crippen LogP contribution in [0.25, 0.3) is 22.2 Å². The molecule has 1 aromatic heterocycles. The van der Waals surface area contributed by atoms with Crippen LogP contribution in [-0.2, 0) is 4.79 Å². The van der Waals surface area contributed by atoms with Gasteiger partial charge in [0.1, 0.15) is 11.6 Å². The van der Waals surface area contributed by atoms with Crippen LogP contribution >= 0.6 is 15.9 Å². The van der Waals surface area contributed by atoms with E-state index in [0.29, 0.717) is 27.7 Å². The molecule has 36 heavy (non-hydrogen) atoms. The Hall–Kier alpha value is -3.78. The number of hydrogen-bond acceptors (Lipinski definition) is 4. The van der Waals surface area contributed by atoms with Crippen LogP contribution in [0.1, 0.15) is 33.8 Å². The standard InChI is InChI=1S/C28H24BrFN2O4/c1-16-25(20-14-19(29)11-12-22(20)32-27(16)17-7-4-3-5-8-17)28(35)31-15-18(13-24(33)34)26-21(30)9-6-10-23(26)36-2/h3-12,14,18H,13,15H2,1-2H3,(H,31,35)(H,33,34)/t18-/m0/s1. The molecule has 2 N–H and O–H groups in total. The SMILES string of the molecule is COc1cccc(F)c1[C@H](CNC(=O)c1c(C)c(-c2ccccc2)nc2ccc(Br)cc12)CC(=O)O. The summed E-state index contributed by atoms with van der Waals surface area (Å²) >= 11 is 3.47. The molecule has 8 heteroatoms. The van der Waals surface area contributed by atoms with Gasteiger partial charge in [-0.15, -0.1) is 0 Å². The maximum Gasteiger partial charge on any atom is 0.304 e. The molecular weight excluding hydrogens is 527 g/mol. The molecule has 0 fully saturated rings. The number of fused-ring (bicyclic) bond motifs is 1. The number of rotatable bonds is 8. The van der Waals surface area contributed by atoms with E-state index in [9.17, 15) is 19.1 Å². The van der Waals surface area contributed by atoms with Crippen molar-refractivity contribution in [2.75, 3.05) is 13.7 Å². The van der Waals surface area contributed by atoms with E-state index in [0.717, 1.165) is 10.0 Å². The van der Waals surface area contributed by atoms with Gasteiger partial charge in [0, 0.05) is 33.4 Å². The number of amides is 1. The zero-order valence-electron chi connectivity index (χ0n) is 19.7. The number of carbonyl (C=O) groups excluding carboxylic acids is 1. The summed E-state index contributed by atoms with van der Waals surface area (Å²) in [6, 6.07) is 19.4. The van der Waals surface area contributed by atoms with Crippen molar-refractivity contribution in [1.82, 2.24) is 10.3 Å². The number of carbonyl (C=O) groups is 2. The molecule has 0 aliphatic rings. The van der Waals surface area contributed by atoms with Crippen molar-refractivity contribution in [3.8, 4) is 17.0 Å². The summed E-state index contributed by atoms with van der Waals surface area (Å²) in [5.41, 5.74) is 3.41. The van der Waals surface area contributed by atoms with Gasteiger partial charge in [-0.1, -0.05) is 52.3 Å². The zero-order valence-corrected chi connectivity index (χ0v) is 21.3. The average molecular weight is 551 g/mol. The first-order chi connectivity index (χ1) is 17.3. The first kappa shape index (κ1) is 25.3. The first-order valence-electron chi connectivity index (χ1n) is 11.3. The number of methoxy groups -OCH3 is 1. The molecular formula is C28H24BrFN2O4. The Balaban J connectivity index is 1.75. The minimum Gasteiger partial charge on any atom is -0.496 e. The Labute approximate surface area is 216 Å². The quantitative estimate of drug-likeness (QED) is 0.276. The summed E-state index contributed by atoms with van der Waals surface area (Å²) < 4.78 is 20.8. The van der Waals surface area contributed by atoms with Gasteiger partial charge < -0.3 is 15.2 Å². The van der Waals surface area contributed by atoms with Crippen molar-refractivity contribution < 1.29 is 23.8 Å². The van der Waals surface area contributed by atoms with E-state index in [1.54, 1.807) is 6.07 Å². The van der Waals surface area contributed by atoms with Gasteiger partial charge in [-0.2, -0.15) is 0 Å². The van der Waals surface area contributed by atoms with Gasteiger partial charge in [-0.25, -0.2) is 9.37 Å². The molecule has 1 heterocycles. The lowest BCUT2D eigenvalue weighted by atomic mass is 9.93. The van der Waals surface area contributed by atoms with Crippen LogP contribution in [0.3, 0.4) is 0 Å². The molecule has 4 aromatic rings. The van der Waals surface area contributed by atoms with Crippen LogP contribution in [0.5, 0.6) is 5.75 Å². The molecule has 184 valence electrons. The lowest BCUT2D eigenvalue weighted by molar-refractivity contribution is -0.137. The van der Waals surface area contributed by atoms with Gasteiger partial charge in [-0.3, -0.25) is 9.59 Å². The fraction of sp³-hybridized carbons (Fsp3) is 0.179. The summed E-state index contributed by atoms with van der Waals surface area (Å²) in [5.74, 6) is -2.70. The number of nitrogens with one attached hydrogen (secondary N) is 1. The first-order valence-corrected chi connectivity index (χ1v) is 12.1. The van der Waals surface area contributed by atoms with E-state index >= 15 is 0 Å². The highest BCUT2D eigenvalue weighted by molar-refractivity contribution is 9.10. The number of carboxylic acids is 1. The third-order valence-electron chi connectivity index (χ3n) is 6.04. The normalized spacial score (nSPS) is 11.8. The number of carboxylic acid groups (broad SMARTS) is 1. The van der Waals surface area contributed by atoms with Gasteiger partial charge in [0.25, 0.3) is 5.91 Å². The average Bonchev–Trinajstić information content (AvgIpc) is 2.86. The van der Waals surface area contributed by atoms with Crippen molar-refractivity contribution in [2.24, 2.45) is 0 Å². The number of halogens is 2. The highest BCUT2D eigenvalue weighted by Gasteiger charge is 2.25. The van der Waals surface area contributed by atoms with E-state index in [1.807, 2.05) is 55.5 Å². The minimum absolute atomic E-state index is 0.0969. The molecule has 1 atom stereocenters. The topological polar surface area (TPSA) is 88.5 Å². The smallest absolute Gasteiger partial charge is 0.304 e. The molecule has 0 radical (unpaired) electrons. The minimum atomic E-state index is -1.11. The van der Waals surface area contributed by atoms with E-state index in [-0.39, 0.29) is 24.3 Å². The maximum absolute atomic E-state index is 14.7. The highest BCUT2D eigenvalue weighted by Crippen LogP contribution is 2.33. The molecule has 0 unspecified atom stereocenters. The number of nitrogens with zero attached hydrogens (tertiary/aromatic N) is 1. The number of pyridine rings is 1. The molecule has 0 aliphatic heterocycles. The Morgan fingerprint density at radius 2 is 1.86 bits per heavy atom. The van der Waals surface area contributed by atoms with Gasteiger partial charge in [0.15, 0.2) is 0 Å². The van der Waals surface area contributed by atoms with Crippen molar-refractivity contribution in [3.05, 3.63) is 93.7 Å². The third kappa shape index (κ3) is 5.23. The number of benzene rings is 3. The van der Waals surface area contributed by atoms with E-state index in [1.165, 1.54) is 19.2 Å². The second-order valence-corrected chi connectivity index (χ2v) is 9.26. The lowest BCUT2D eigenvalue weighted by Crippen LogP contribution is -2.31. The van der Waals surface area contributed by atoms with Crippen LogP contribution in [0.4, 0.5) is 4.39 Å². The zero-order chi connectivity index (χ0) is 25.8. The molecule has 0 saturated carbocycles. The van der Waals surface area contributed by atoms with Gasteiger partial charge in [0.2, 0.25) is 0 Å². The van der Waals surface area contributed by atoms with E-state index in [4.69, 9.17) is 9.72 Å². The Kier molecular flexibility index (Phi) is 7.64. The van der Waals surface area contributed by atoms with Crippen molar-refractivity contribution in [2.45, 2.75) is 19.3 Å². The highest BCUT2D eigenvalue weighted by atomic mass is 79.9. The van der Waals surface area contributed by atoms with Gasteiger partial charge >= 0.3 is 5.97 Å². The molecule has 0 saturated heterocycles. The molecule has 6 nitrogen and oxygen atoms in total. The summed E-state index contributed by atoms with van der Waals surface area (Å²) in [6.07, 6.45) is -0.380. The maximum atomic E-state index is 14.7. The molecule has 1 amide bonds. The van der Waals surface area contributed by atoms with Crippen LogP contribution in [0, 0.1) is 12.7 Å². The third-order valence-corrected chi connectivity index (χ3v) is 6.53. The monoisotopic (exact) mass is 550 g/mol. The predicted octanol–water partition coefficient (Wildman–Crippen LogP) is 6.11. The second kappa shape index (κ2) is 10.9. The Morgan fingerprint density at radius 1 is 1.11 bits per heavy atom. The number of hydrogen-bond donors (Lipinski definition) is 2. The molecule has 0 bridgehead atoms. The molecule has 0 aliphatic carbocycles. The number of aromatic nitrogens is 1. The van der Waals surface area contributed by atoms with Crippen LogP contribution in [-0.4, -0.2) is 35.6 Å². The lowest BCUT2D eigenvalue weighted by Gasteiger charge is -2.21. The summed E-state index contributed by atoms with van der Waals surface area (Å²) in [7, 11) is 1.39.